The van der Waals surface area contributed by atoms with Crippen molar-refractivity contribution in [2.24, 2.45) is 0 Å². The normalized spacial score (nSPS) is 14.5. The number of amides is 1. The number of rotatable bonds is 4. The largest absolute Gasteiger partial charge is 0.321 e. The molecule has 120 valence electrons. The standard InChI is InChI=1S/C16H15FN2O3S/c1-23(21,22)15-8-12(17)5-7-14(15)19-16(20)11-4-6-13(18-9-11)10-2-3-10/h4-10H,2-3H2,1H3,(H,19,20). The fraction of sp³-hybridized carbons (Fsp3) is 0.250. The molecule has 1 aliphatic carbocycles. The van der Waals surface area contributed by atoms with Gasteiger partial charge in [-0.05, 0) is 43.2 Å². The molecule has 2 aromatic rings. The van der Waals surface area contributed by atoms with Crippen LogP contribution in [0.4, 0.5) is 10.1 Å². The van der Waals surface area contributed by atoms with Gasteiger partial charge in [0.05, 0.1) is 16.1 Å². The first-order valence-corrected chi connectivity index (χ1v) is 9.00. The Labute approximate surface area is 133 Å². The Morgan fingerprint density at radius 2 is 2.00 bits per heavy atom. The third-order valence-corrected chi connectivity index (χ3v) is 4.77. The summed E-state index contributed by atoms with van der Waals surface area (Å²) in [6.07, 6.45) is 4.66. The quantitative estimate of drug-likeness (QED) is 0.933. The third kappa shape index (κ3) is 3.56. The number of pyridine rings is 1. The number of hydrogen-bond donors (Lipinski definition) is 1. The van der Waals surface area contributed by atoms with Gasteiger partial charge in [-0.25, -0.2) is 12.8 Å². The molecule has 0 atom stereocenters. The van der Waals surface area contributed by atoms with E-state index in [4.69, 9.17) is 0 Å². The van der Waals surface area contributed by atoms with Gasteiger partial charge in [-0.2, -0.15) is 0 Å². The minimum absolute atomic E-state index is 0.0465. The van der Waals surface area contributed by atoms with Gasteiger partial charge in [-0.1, -0.05) is 0 Å². The van der Waals surface area contributed by atoms with Crippen molar-refractivity contribution in [2.75, 3.05) is 11.6 Å². The smallest absolute Gasteiger partial charge is 0.257 e. The lowest BCUT2D eigenvalue weighted by Gasteiger charge is -2.10. The lowest BCUT2D eigenvalue weighted by molar-refractivity contribution is 0.102. The summed E-state index contributed by atoms with van der Waals surface area (Å²) in [5.41, 5.74) is 1.32. The molecule has 0 radical (unpaired) electrons. The Kier molecular flexibility index (Phi) is 3.89. The Morgan fingerprint density at radius 1 is 1.26 bits per heavy atom. The number of benzene rings is 1. The predicted molar refractivity (Wildman–Crippen MR) is 83.7 cm³/mol. The second-order valence-corrected chi connectivity index (χ2v) is 7.60. The molecule has 0 unspecified atom stereocenters. The minimum atomic E-state index is -3.66. The van der Waals surface area contributed by atoms with E-state index < -0.39 is 21.6 Å². The van der Waals surface area contributed by atoms with Crippen LogP contribution in [0.3, 0.4) is 0 Å². The predicted octanol–water partition coefficient (Wildman–Crippen LogP) is 2.75. The highest BCUT2D eigenvalue weighted by Gasteiger charge is 2.25. The second kappa shape index (κ2) is 5.73. The zero-order chi connectivity index (χ0) is 16.6. The molecule has 1 amide bonds. The SMILES string of the molecule is CS(=O)(=O)c1cc(F)ccc1NC(=O)c1ccc(C2CC2)nc1. The molecule has 1 aromatic heterocycles. The van der Waals surface area contributed by atoms with E-state index in [-0.39, 0.29) is 10.6 Å². The summed E-state index contributed by atoms with van der Waals surface area (Å²) in [4.78, 5) is 16.2. The van der Waals surface area contributed by atoms with Gasteiger partial charge < -0.3 is 5.32 Å². The van der Waals surface area contributed by atoms with Crippen LogP contribution in [0, 0.1) is 5.82 Å². The van der Waals surface area contributed by atoms with Crippen LogP contribution < -0.4 is 5.32 Å². The first kappa shape index (κ1) is 15.6. The molecule has 0 aliphatic heterocycles. The van der Waals surface area contributed by atoms with Crippen LogP contribution in [-0.4, -0.2) is 25.6 Å². The molecule has 1 fully saturated rings. The van der Waals surface area contributed by atoms with E-state index in [1.54, 1.807) is 12.1 Å². The van der Waals surface area contributed by atoms with E-state index in [1.807, 2.05) is 0 Å². The monoisotopic (exact) mass is 334 g/mol. The summed E-state index contributed by atoms with van der Waals surface area (Å²) >= 11 is 0. The lowest BCUT2D eigenvalue weighted by atomic mass is 10.2. The molecule has 23 heavy (non-hydrogen) atoms. The van der Waals surface area contributed by atoms with Crippen molar-refractivity contribution in [1.82, 2.24) is 4.98 Å². The minimum Gasteiger partial charge on any atom is -0.321 e. The highest BCUT2D eigenvalue weighted by Crippen LogP contribution is 2.38. The molecule has 0 spiro atoms. The van der Waals surface area contributed by atoms with E-state index in [0.717, 1.165) is 36.9 Å². The number of aromatic nitrogens is 1. The second-order valence-electron chi connectivity index (χ2n) is 5.61. The number of nitrogens with one attached hydrogen (secondary N) is 1. The number of carbonyl (C=O) groups is 1. The zero-order valence-electron chi connectivity index (χ0n) is 12.4. The zero-order valence-corrected chi connectivity index (χ0v) is 13.2. The van der Waals surface area contributed by atoms with Gasteiger partial charge in [0.25, 0.3) is 5.91 Å². The molecule has 1 N–H and O–H groups in total. The Bertz CT molecular complexity index is 859. The van der Waals surface area contributed by atoms with Crippen molar-refractivity contribution in [3.63, 3.8) is 0 Å². The van der Waals surface area contributed by atoms with E-state index in [2.05, 4.69) is 10.3 Å². The van der Waals surface area contributed by atoms with Crippen LogP contribution in [0.25, 0.3) is 0 Å². The van der Waals surface area contributed by atoms with Gasteiger partial charge in [-0.3, -0.25) is 9.78 Å². The molecule has 1 heterocycles. The summed E-state index contributed by atoms with van der Waals surface area (Å²) in [5.74, 6) is -0.684. The number of carbonyl (C=O) groups excluding carboxylic acids is 1. The van der Waals surface area contributed by atoms with Gasteiger partial charge in [0.15, 0.2) is 9.84 Å². The third-order valence-electron chi connectivity index (χ3n) is 3.64. The highest BCUT2D eigenvalue weighted by molar-refractivity contribution is 7.90. The first-order valence-electron chi connectivity index (χ1n) is 7.11. The van der Waals surface area contributed by atoms with E-state index in [1.165, 1.54) is 12.3 Å². The molecular weight excluding hydrogens is 319 g/mol. The maximum atomic E-state index is 13.3. The summed E-state index contributed by atoms with van der Waals surface area (Å²) < 4.78 is 36.7. The maximum absolute atomic E-state index is 13.3. The lowest BCUT2D eigenvalue weighted by Crippen LogP contribution is -2.15. The van der Waals surface area contributed by atoms with E-state index in [9.17, 15) is 17.6 Å². The van der Waals surface area contributed by atoms with Crippen LogP contribution in [0.5, 0.6) is 0 Å². The summed E-state index contributed by atoms with van der Waals surface area (Å²) in [6, 6.07) is 6.67. The molecule has 0 bridgehead atoms. The molecule has 1 saturated carbocycles. The van der Waals surface area contributed by atoms with Crippen molar-refractivity contribution in [3.05, 3.63) is 53.6 Å². The van der Waals surface area contributed by atoms with Crippen LogP contribution in [-0.2, 0) is 9.84 Å². The molecule has 1 aromatic carbocycles. The van der Waals surface area contributed by atoms with Crippen LogP contribution >= 0.6 is 0 Å². The molecule has 5 nitrogen and oxygen atoms in total. The summed E-state index contributed by atoms with van der Waals surface area (Å²) in [6.45, 7) is 0. The Balaban J connectivity index is 1.85. The Hall–Kier alpha value is -2.28. The summed E-state index contributed by atoms with van der Waals surface area (Å²) in [5, 5.41) is 2.50. The number of halogens is 1. The van der Waals surface area contributed by atoms with Crippen molar-refractivity contribution < 1.29 is 17.6 Å². The highest BCUT2D eigenvalue weighted by atomic mass is 32.2. The number of nitrogens with zero attached hydrogens (tertiary/aromatic N) is 1. The van der Waals surface area contributed by atoms with Gasteiger partial charge in [-0.15, -0.1) is 0 Å². The van der Waals surface area contributed by atoms with Crippen molar-refractivity contribution in [2.45, 2.75) is 23.7 Å². The van der Waals surface area contributed by atoms with E-state index >= 15 is 0 Å². The van der Waals surface area contributed by atoms with Gasteiger partial charge in [0, 0.05) is 24.1 Å². The number of sulfone groups is 1. The summed E-state index contributed by atoms with van der Waals surface area (Å²) in [7, 11) is -3.66. The van der Waals surface area contributed by atoms with Gasteiger partial charge in [0.1, 0.15) is 5.82 Å². The fourth-order valence-corrected chi connectivity index (χ4v) is 3.11. The number of anilines is 1. The first-order chi connectivity index (χ1) is 10.8. The average molecular weight is 334 g/mol. The topological polar surface area (TPSA) is 76.1 Å². The van der Waals surface area contributed by atoms with Crippen LogP contribution in [0.2, 0.25) is 0 Å². The average Bonchev–Trinajstić information content (AvgIpc) is 3.33. The van der Waals surface area contributed by atoms with Crippen molar-refractivity contribution in [3.8, 4) is 0 Å². The fourth-order valence-electron chi connectivity index (χ4n) is 2.26. The molecule has 3 rings (SSSR count). The van der Waals surface area contributed by atoms with Crippen LogP contribution in [0.15, 0.2) is 41.4 Å². The van der Waals surface area contributed by atoms with Gasteiger partial charge >= 0.3 is 0 Å². The van der Waals surface area contributed by atoms with Gasteiger partial charge in [0.2, 0.25) is 0 Å². The molecule has 1 aliphatic rings. The molecule has 0 saturated heterocycles. The number of hydrogen-bond acceptors (Lipinski definition) is 4. The van der Waals surface area contributed by atoms with Crippen LogP contribution in [0.1, 0.15) is 34.8 Å². The molecular formula is C16H15FN2O3S. The maximum Gasteiger partial charge on any atom is 0.257 e. The Morgan fingerprint density at radius 3 is 2.57 bits per heavy atom. The van der Waals surface area contributed by atoms with Crippen molar-refractivity contribution in [1.29, 1.82) is 0 Å². The van der Waals surface area contributed by atoms with E-state index in [0.29, 0.717) is 11.5 Å². The van der Waals surface area contributed by atoms with Crippen molar-refractivity contribution >= 4 is 21.4 Å². The molecule has 7 heteroatoms.